The van der Waals surface area contributed by atoms with Crippen LogP contribution in [0.15, 0.2) is 71.6 Å². The van der Waals surface area contributed by atoms with Crippen molar-refractivity contribution in [2.75, 3.05) is 6.54 Å². The van der Waals surface area contributed by atoms with Gasteiger partial charge in [0.05, 0.1) is 11.3 Å². The number of aryl methyl sites for hydroxylation is 1. The summed E-state index contributed by atoms with van der Waals surface area (Å²) in [4.78, 5) is 12.1. The van der Waals surface area contributed by atoms with Crippen LogP contribution in [-0.4, -0.2) is 20.9 Å². The molecule has 5 nitrogen and oxygen atoms in total. The fraction of sp³-hybridized carbons (Fsp3) is 0.190. The second-order valence-electron chi connectivity index (χ2n) is 6.26. The Hall–Kier alpha value is -2.70. The quantitative estimate of drug-likeness (QED) is 0.633. The van der Waals surface area contributed by atoms with Crippen molar-refractivity contribution < 1.29 is 17.9 Å². The summed E-state index contributed by atoms with van der Waals surface area (Å²) < 4.78 is 32.1. The topological polar surface area (TPSA) is 72.5 Å². The van der Waals surface area contributed by atoms with E-state index in [9.17, 15) is 13.2 Å². The molecule has 27 heavy (non-hydrogen) atoms. The van der Waals surface area contributed by atoms with Crippen LogP contribution in [0, 0.1) is 6.92 Å². The number of carbonyl (C=O) groups is 1. The highest BCUT2D eigenvalue weighted by Gasteiger charge is 2.14. The predicted molar refractivity (Wildman–Crippen MR) is 105 cm³/mol. The van der Waals surface area contributed by atoms with Crippen LogP contribution < -0.4 is 4.72 Å². The number of hydrogen-bond acceptors (Lipinski definition) is 4. The lowest BCUT2D eigenvalue weighted by molar-refractivity contribution is -0.144. The third kappa shape index (κ3) is 4.93. The van der Waals surface area contributed by atoms with Crippen molar-refractivity contribution in [2.45, 2.75) is 24.8 Å². The maximum Gasteiger partial charge on any atom is 0.307 e. The molecule has 0 aromatic heterocycles. The summed E-state index contributed by atoms with van der Waals surface area (Å²) in [5.41, 5.74) is 1.90. The summed E-state index contributed by atoms with van der Waals surface area (Å²) in [5, 5.41) is 2.12. The zero-order valence-corrected chi connectivity index (χ0v) is 15.8. The third-order valence-corrected chi connectivity index (χ3v) is 5.70. The van der Waals surface area contributed by atoms with Gasteiger partial charge in [-0.2, -0.15) is 0 Å². The maximum absolute atomic E-state index is 12.2. The zero-order chi connectivity index (χ0) is 19.3. The molecule has 1 N–H and O–H groups in total. The van der Waals surface area contributed by atoms with Gasteiger partial charge in [0.2, 0.25) is 10.0 Å². The van der Waals surface area contributed by atoms with Gasteiger partial charge in [-0.3, -0.25) is 4.79 Å². The minimum Gasteiger partial charge on any atom is -0.461 e. The summed E-state index contributed by atoms with van der Waals surface area (Å²) >= 11 is 0. The van der Waals surface area contributed by atoms with E-state index in [2.05, 4.69) is 4.72 Å². The first-order valence-corrected chi connectivity index (χ1v) is 10.1. The van der Waals surface area contributed by atoms with Crippen LogP contribution in [0.25, 0.3) is 10.8 Å². The van der Waals surface area contributed by atoms with Gasteiger partial charge in [-0.15, -0.1) is 0 Å². The smallest absolute Gasteiger partial charge is 0.307 e. The van der Waals surface area contributed by atoms with Gasteiger partial charge in [-0.05, 0) is 35.4 Å². The van der Waals surface area contributed by atoms with E-state index in [-0.39, 0.29) is 24.5 Å². The molecule has 0 aliphatic heterocycles. The highest BCUT2D eigenvalue weighted by atomic mass is 32.2. The van der Waals surface area contributed by atoms with Crippen molar-refractivity contribution in [3.8, 4) is 0 Å². The van der Waals surface area contributed by atoms with Gasteiger partial charge < -0.3 is 4.74 Å². The van der Waals surface area contributed by atoms with Crippen molar-refractivity contribution in [1.82, 2.24) is 4.72 Å². The first-order chi connectivity index (χ1) is 13.0. The van der Waals surface area contributed by atoms with Gasteiger partial charge >= 0.3 is 5.97 Å². The summed E-state index contributed by atoms with van der Waals surface area (Å²) in [6.07, 6.45) is -0.0319. The second-order valence-corrected chi connectivity index (χ2v) is 8.03. The monoisotopic (exact) mass is 383 g/mol. The van der Waals surface area contributed by atoms with Crippen LogP contribution in [-0.2, 0) is 26.2 Å². The molecule has 0 amide bonds. The number of ether oxygens (including phenoxy) is 1. The average molecular weight is 383 g/mol. The van der Waals surface area contributed by atoms with Crippen LogP contribution in [0.3, 0.4) is 0 Å². The Labute approximate surface area is 159 Å². The number of hydrogen-bond donors (Lipinski definition) is 1. The molecule has 0 unspecified atom stereocenters. The van der Waals surface area contributed by atoms with E-state index in [4.69, 9.17) is 4.74 Å². The van der Waals surface area contributed by atoms with Crippen molar-refractivity contribution in [1.29, 1.82) is 0 Å². The maximum atomic E-state index is 12.2. The van der Waals surface area contributed by atoms with Gasteiger partial charge in [0, 0.05) is 6.54 Å². The summed E-state index contributed by atoms with van der Waals surface area (Å²) in [6, 6.07) is 20.2. The average Bonchev–Trinajstić information content (AvgIpc) is 2.66. The minimum absolute atomic E-state index is 0.00934. The molecule has 0 aliphatic carbocycles. The van der Waals surface area contributed by atoms with Crippen LogP contribution >= 0.6 is 0 Å². The molecule has 0 radical (unpaired) electrons. The Morgan fingerprint density at radius 1 is 0.963 bits per heavy atom. The van der Waals surface area contributed by atoms with Crippen molar-refractivity contribution in [3.05, 3.63) is 77.9 Å². The predicted octanol–water partition coefficient (Wildman–Crippen LogP) is 3.56. The molecule has 0 saturated carbocycles. The molecule has 3 aromatic carbocycles. The highest BCUT2D eigenvalue weighted by Crippen LogP contribution is 2.19. The standard InChI is InChI=1S/C21H21NO4S/c1-16-9-11-19(12-10-16)27(24,25)22-14-13-21(23)26-15-18-7-4-6-17-5-2-3-8-20(17)18/h2-12,22H,13-15H2,1H3. The van der Waals surface area contributed by atoms with Crippen LogP contribution in [0.4, 0.5) is 0 Å². The van der Waals surface area contributed by atoms with Crippen molar-refractivity contribution in [3.63, 3.8) is 0 Å². The third-order valence-electron chi connectivity index (χ3n) is 4.22. The molecule has 0 spiro atoms. The van der Waals surface area contributed by atoms with Crippen LogP contribution in [0.5, 0.6) is 0 Å². The van der Waals surface area contributed by atoms with E-state index in [0.717, 1.165) is 21.9 Å². The van der Waals surface area contributed by atoms with E-state index in [1.54, 1.807) is 12.1 Å². The second kappa shape index (κ2) is 8.33. The number of nitrogens with one attached hydrogen (secondary N) is 1. The number of fused-ring (bicyclic) bond motifs is 1. The lowest BCUT2D eigenvalue weighted by atomic mass is 10.1. The SMILES string of the molecule is Cc1ccc(S(=O)(=O)NCCC(=O)OCc2cccc3ccccc23)cc1. The Morgan fingerprint density at radius 3 is 2.44 bits per heavy atom. The number of rotatable bonds is 7. The molecule has 6 heteroatoms. The van der Waals surface area contributed by atoms with E-state index in [1.165, 1.54) is 12.1 Å². The van der Waals surface area contributed by atoms with E-state index in [1.807, 2.05) is 49.4 Å². The molecule has 0 saturated heterocycles. The lowest BCUT2D eigenvalue weighted by Crippen LogP contribution is -2.26. The van der Waals surface area contributed by atoms with Gasteiger partial charge in [0.25, 0.3) is 0 Å². The lowest BCUT2D eigenvalue weighted by Gasteiger charge is -2.09. The fourth-order valence-electron chi connectivity index (χ4n) is 2.74. The molecular weight excluding hydrogens is 362 g/mol. The Balaban J connectivity index is 1.52. The molecule has 0 fully saturated rings. The number of sulfonamides is 1. The Kier molecular flexibility index (Phi) is 5.88. The molecule has 140 valence electrons. The largest absolute Gasteiger partial charge is 0.461 e. The molecular formula is C21H21NO4S. The van der Waals surface area contributed by atoms with Crippen LogP contribution in [0.1, 0.15) is 17.5 Å². The highest BCUT2D eigenvalue weighted by molar-refractivity contribution is 7.89. The number of benzene rings is 3. The molecule has 0 aliphatic rings. The van der Waals surface area contributed by atoms with Gasteiger partial charge in [-0.25, -0.2) is 13.1 Å². The summed E-state index contributed by atoms with van der Waals surface area (Å²) in [6.45, 7) is 2.03. The molecule has 3 rings (SSSR count). The minimum atomic E-state index is -3.63. The normalized spacial score (nSPS) is 11.4. The molecule has 0 heterocycles. The Morgan fingerprint density at radius 2 is 1.67 bits per heavy atom. The molecule has 0 atom stereocenters. The molecule has 3 aromatic rings. The number of carbonyl (C=O) groups excluding carboxylic acids is 1. The van der Waals surface area contributed by atoms with Gasteiger partial charge in [0.1, 0.15) is 6.61 Å². The van der Waals surface area contributed by atoms with Crippen LogP contribution in [0.2, 0.25) is 0 Å². The van der Waals surface area contributed by atoms with Gasteiger partial charge in [0.15, 0.2) is 0 Å². The summed E-state index contributed by atoms with van der Waals surface area (Å²) in [7, 11) is -3.63. The Bertz CT molecular complexity index is 1040. The van der Waals surface area contributed by atoms with Crippen molar-refractivity contribution in [2.24, 2.45) is 0 Å². The van der Waals surface area contributed by atoms with Gasteiger partial charge in [-0.1, -0.05) is 60.2 Å². The first-order valence-electron chi connectivity index (χ1n) is 8.64. The summed E-state index contributed by atoms with van der Waals surface area (Å²) in [5.74, 6) is -0.449. The fourth-order valence-corrected chi connectivity index (χ4v) is 3.77. The zero-order valence-electron chi connectivity index (χ0n) is 15.0. The number of esters is 1. The van der Waals surface area contributed by atoms with E-state index < -0.39 is 16.0 Å². The van der Waals surface area contributed by atoms with E-state index >= 15 is 0 Å². The van der Waals surface area contributed by atoms with E-state index in [0.29, 0.717) is 0 Å². The molecule has 0 bridgehead atoms. The first kappa shape index (κ1) is 19.1. The van der Waals surface area contributed by atoms with Crippen molar-refractivity contribution >= 4 is 26.8 Å².